The summed E-state index contributed by atoms with van der Waals surface area (Å²) in [5.74, 6) is -1.11. The molecule has 4 nitrogen and oxygen atoms in total. The largest absolute Gasteiger partial charge is 0.495 e. The van der Waals surface area contributed by atoms with Gasteiger partial charge in [0.15, 0.2) is 0 Å². The molecule has 0 aliphatic heterocycles. The average Bonchev–Trinajstić information content (AvgIpc) is 2.44. The van der Waals surface area contributed by atoms with Gasteiger partial charge in [0.2, 0.25) is 0 Å². The Bertz CT molecular complexity index is 610. The number of aryl methyl sites for hydroxylation is 1. The van der Waals surface area contributed by atoms with Gasteiger partial charge < -0.3 is 9.84 Å². The van der Waals surface area contributed by atoms with Crippen molar-refractivity contribution < 1.29 is 14.6 Å². The summed E-state index contributed by atoms with van der Waals surface area (Å²) in [5.41, 5.74) is 2.55. The normalized spacial score (nSPS) is 11.9. The van der Waals surface area contributed by atoms with Crippen molar-refractivity contribution in [3.63, 3.8) is 0 Å². The standard InChI is InChI=1S/C16H17NO3/c1-11-5-3-6-12(9-11)10-13(16(18)19)15-14(20-2)7-4-8-17-15/h3-9,13H,10H2,1-2H3,(H,18,19). The lowest BCUT2D eigenvalue weighted by Crippen LogP contribution is -2.17. The fourth-order valence-corrected chi connectivity index (χ4v) is 2.21. The van der Waals surface area contributed by atoms with E-state index in [2.05, 4.69) is 4.98 Å². The number of carboxylic acids is 1. The fourth-order valence-electron chi connectivity index (χ4n) is 2.21. The first-order chi connectivity index (χ1) is 9.61. The van der Waals surface area contributed by atoms with Crippen LogP contribution in [0.25, 0.3) is 0 Å². The Labute approximate surface area is 118 Å². The number of rotatable bonds is 5. The molecule has 0 spiro atoms. The molecule has 1 N–H and O–H groups in total. The molecule has 1 heterocycles. The van der Waals surface area contributed by atoms with Crippen molar-refractivity contribution in [1.29, 1.82) is 0 Å². The molecule has 104 valence electrons. The second-order valence-corrected chi connectivity index (χ2v) is 4.67. The zero-order valence-electron chi connectivity index (χ0n) is 11.5. The molecule has 1 aromatic heterocycles. The topological polar surface area (TPSA) is 59.4 Å². The Morgan fingerprint density at radius 1 is 1.35 bits per heavy atom. The highest BCUT2D eigenvalue weighted by atomic mass is 16.5. The number of methoxy groups -OCH3 is 1. The van der Waals surface area contributed by atoms with Crippen LogP contribution in [0.2, 0.25) is 0 Å². The first-order valence-electron chi connectivity index (χ1n) is 6.39. The predicted molar refractivity (Wildman–Crippen MR) is 76.0 cm³/mol. The molecular weight excluding hydrogens is 254 g/mol. The van der Waals surface area contributed by atoms with Gasteiger partial charge in [-0.3, -0.25) is 9.78 Å². The number of benzene rings is 1. The maximum absolute atomic E-state index is 11.6. The smallest absolute Gasteiger partial charge is 0.313 e. The Hall–Kier alpha value is -2.36. The minimum absolute atomic E-state index is 0.393. The zero-order valence-corrected chi connectivity index (χ0v) is 11.5. The van der Waals surface area contributed by atoms with Crippen LogP contribution in [-0.2, 0) is 11.2 Å². The van der Waals surface area contributed by atoms with Crippen molar-refractivity contribution in [3.8, 4) is 5.75 Å². The molecule has 0 saturated heterocycles. The van der Waals surface area contributed by atoms with Gasteiger partial charge in [-0.2, -0.15) is 0 Å². The highest BCUT2D eigenvalue weighted by molar-refractivity contribution is 5.76. The molecule has 0 amide bonds. The molecule has 0 aliphatic rings. The third-order valence-corrected chi connectivity index (χ3v) is 3.17. The average molecular weight is 271 g/mol. The van der Waals surface area contributed by atoms with Crippen LogP contribution in [0.4, 0.5) is 0 Å². The second kappa shape index (κ2) is 6.19. The first kappa shape index (κ1) is 14.1. The summed E-state index contributed by atoms with van der Waals surface area (Å²) in [6.07, 6.45) is 1.98. The van der Waals surface area contributed by atoms with E-state index >= 15 is 0 Å². The number of nitrogens with zero attached hydrogens (tertiary/aromatic N) is 1. The fraction of sp³-hybridized carbons (Fsp3) is 0.250. The lowest BCUT2D eigenvalue weighted by Gasteiger charge is -2.15. The van der Waals surface area contributed by atoms with Crippen molar-refractivity contribution in [2.45, 2.75) is 19.3 Å². The molecule has 0 radical (unpaired) electrons. The summed E-state index contributed by atoms with van der Waals surface area (Å²) in [5, 5.41) is 9.48. The molecule has 20 heavy (non-hydrogen) atoms. The van der Waals surface area contributed by atoms with E-state index < -0.39 is 11.9 Å². The Morgan fingerprint density at radius 2 is 2.15 bits per heavy atom. The SMILES string of the molecule is COc1cccnc1C(Cc1cccc(C)c1)C(=O)O. The molecule has 1 aromatic carbocycles. The van der Waals surface area contributed by atoms with Crippen LogP contribution >= 0.6 is 0 Å². The molecule has 0 saturated carbocycles. The summed E-state index contributed by atoms with van der Waals surface area (Å²) >= 11 is 0. The highest BCUT2D eigenvalue weighted by Crippen LogP contribution is 2.27. The van der Waals surface area contributed by atoms with Gasteiger partial charge in [0, 0.05) is 6.20 Å². The summed E-state index contributed by atoms with van der Waals surface area (Å²) in [7, 11) is 1.52. The molecule has 2 rings (SSSR count). The van der Waals surface area contributed by atoms with E-state index in [1.54, 1.807) is 18.3 Å². The number of pyridine rings is 1. The molecule has 1 unspecified atom stereocenters. The quantitative estimate of drug-likeness (QED) is 0.908. The Morgan fingerprint density at radius 3 is 2.80 bits per heavy atom. The number of hydrogen-bond donors (Lipinski definition) is 1. The Balaban J connectivity index is 2.34. The molecule has 2 aromatic rings. The number of hydrogen-bond acceptors (Lipinski definition) is 3. The van der Waals surface area contributed by atoms with Gasteiger partial charge in [-0.1, -0.05) is 29.8 Å². The van der Waals surface area contributed by atoms with E-state index in [1.807, 2.05) is 31.2 Å². The van der Waals surface area contributed by atoms with Gasteiger partial charge in [-0.15, -0.1) is 0 Å². The number of aliphatic carboxylic acids is 1. The van der Waals surface area contributed by atoms with Gasteiger partial charge in [0.1, 0.15) is 11.7 Å². The lowest BCUT2D eigenvalue weighted by atomic mass is 9.94. The van der Waals surface area contributed by atoms with Gasteiger partial charge >= 0.3 is 5.97 Å². The molecular formula is C16H17NO3. The predicted octanol–water partition coefficient (Wildman–Crippen LogP) is 2.81. The van der Waals surface area contributed by atoms with Crippen molar-refractivity contribution >= 4 is 5.97 Å². The van der Waals surface area contributed by atoms with Crippen molar-refractivity contribution in [3.05, 3.63) is 59.4 Å². The van der Waals surface area contributed by atoms with Crippen LogP contribution < -0.4 is 4.74 Å². The van der Waals surface area contributed by atoms with Crippen molar-refractivity contribution in [2.75, 3.05) is 7.11 Å². The van der Waals surface area contributed by atoms with E-state index in [1.165, 1.54) is 7.11 Å². The number of aromatic nitrogens is 1. The number of ether oxygens (including phenoxy) is 1. The van der Waals surface area contributed by atoms with Gasteiger partial charge in [-0.25, -0.2) is 0 Å². The van der Waals surface area contributed by atoms with Crippen LogP contribution in [0, 0.1) is 6.92 Å². The van der Waals surface area contributed by atoms with E-state index in [0.717, 1.165) is 11.1 Å². The monoisotopic (exact) mass is 271 g/mol. The van der Waals surface area contributed by atoms with Gasteiger partial charge in [-0.05, 0) is 31.0 Å². The van der Waals surface area contributed by atoms with Crippen LogP contribution in [0.15, 0.2) is 42.6 Å². The van der Waals surface area contributed by atoms with Crippen LogP contribution in [-0.4, -0.2) is 23.2 Å². The molecule has 1 atom stereocenters. The summed E-state index contributed by atoms with van der Waals surface area (Å²) in [6.45, 7) is 1.99. The number of carboxylic acid groups (broad SMARTS) is 1. The van der Waals surface area contributed by atoms with E-state index in [-0.39, 0.29) is 0 Å². The molecule has 4 heteroatoms. The maximum atomic E-state index is 11.6. The minimum atomic E-state index is -0.900. The van der Waals surface area contributed by atoms with Crippen molar-refractivity contribution in [2.24, 2.45) is 0 Å². The third-order valence-electron chi connectivity index (χ3n) is 3.17. The zero-order chi connectivity index (χ0) is 14.5. The van der Waals surface area contributed by atoms with Crippen LogP contribution in [0.1, 0.15) is 22.7 Å². The van der Waals surface area contributed by atoms with Crippen LogP contribution in [0.5, 0.6) is 5.75 Å². The minimum Gasteiger partial charge on any atom is -0.495 e. The van der Waals surface area contributed by atoms with Crippen molar-refractivity contribution in [1.82, 2.24) is 4.98 Å². The summed E-state index contributed by atoms with van der Waals surface area (Å²) in [4.78, 5) is 15.7. The highest BCUT2D eigenvalue weighted by Gasteiger charge is 2.25. The maximum Gasteiger partial charge on any atom is 0.313 e. The van der Waals surface area contributed by atoms with Gasteiger partial charge in [0.25, 0.3) is 0 Å². The molecule has 0 fully saturated rings. The molecule has 0 aliphatic carbocycles. The van der Waals surface area contributed by atoms with E-state index in [4.69, 9.17) is 4.74 Å². The van der Waals surface area contributed by atoms with E-state index in [9.17, 15) is 9.90 Å². The summed E-state index contributed by atoms with van der Waals surface area (Å²) in [6, 6.07) is 11.3. The number of carbonyl (C=O) groups is 1. The third kappa shape index (κ3) is 3.15. The van der Waals surface area contributed by atoms with Crippen LogP contribution in [0.3, 0.4) is 0 Å². The Kier molecular flexibility index (Phi) is 4.35. The van der Waals surface area contributed by atoms with Gasteiger partial charge in [0.05, 0.1) is 12.8 Å². The van der Waals surface area contributed by atoms with E-state index in [0.29, 0.717) is 17.9 Å². The lowest BCUT2D eigenvalue weighted by molar-refractivity contribution is -0.138. The second-order valence-electron chi connectivity index (χ2n) is 4.67. The first-order valence-corrected chi connectivity index (χ1v) is 6.39. The molecule has 0 bridgehead atoms. The summed E-state index contributed by atoms with van der Waals surface area (Å²) < 4.78 is 5.21.